The summed E-state index contributed by atoms with van der Waals surface area (Å²) in [6.45, 7) is 1.77. The Morgan fingerprint density at radius 1 is 1.12 bits per heavy atom. The minimum atomic E-state index is -4.70. The number of benzene rings is 2. The highest BCUT2D eigenvalue weighted by Gasteiger charge is 2.31. The SMILES string of the molecule is [2H]c1ccc2c(c1)c(-c1ccc(OC(F)(F)F)cc1)cn2CCCN(C)C. The summed E-state index contributed by atoms with van der Waals surface area (Å²) in [5.74, 6) is -0.248. The van der Waals surface area contributed by atoms with Crippen molar-refractivity contribution in [3.05, 3.63) is 54.7 Å². The number of hydrogen-bond donors (Lipinski definition) is 0. The highest BCUT2D eigenvalue weighted by molar-refractivity contribution is 5.96. The maximum Gasteiger partial charge on any atom is 0.573 e. The molecule has 0 fully saturated rings. The molecule has 2 aromatic carbocycles. The van der Waals surface area contributed by atoms with E-state index in [0.29, 0.717) is 6.04 Å². The lowest BCUT2D eigenvalue weighted by Gasteiger charge is -2.10. The first-order valence-corrected chi connectivity index (χ1v) is 8.33. The third-order valence-corrected chi connectivity index (χ3v) is 4.13. The van der Waals surface area contributed by atoms with Crippen molar-refractivity contribution < 1.29 is 19.3 Å². The second-order valence-electron chi connectivity index (χ2n) is 6.41. The summed E-state index contributed by atoms with van der Waals surface area (Å²) in [7, 11) is 4.05. The first kappa shape index (κ1) is 17.0. The van der Waals surface area contributed by atoms with Gasteiger partial charge in [0.05, 0.1) is 1.37 Å². The Hall–Kier alpha value is -2.47. The average Bonchev–Trinajstić information content (AvgIpc) is 2.92. The molecule has 0 aliphatic carbocycles. The van der Waals surface area contributed by atoms with E-state index in [4.69, 9.17) is 1.37 Å². The standard InChI is InChI=1S/C20H21F3N2O/c1-24(2)12-5-13-25-14-18(17-6-3-4-7-19(17)25)15-8-10-16(11-9-15)26-20(21,22)23/h3-4,6-11,14H,5,12-13H2,1-2H3/i3D. The fourth-order valence-corrected chi connectivity index (χ4v) is 2.99. The van der Waals surface area contributed by atoms with Crippen LogP contribution >= 0.6 is 0 Å². The Labute approximate surface area is 152 Å². The van der Waals surface area contributed by atoms with Gasteiger partial charge in [0, 0.05) is 29.2 Å². The number of nitrogens with zero attached hydrogens (tertiary/aromatic N) is 2. The van der Waals surface area contributed by atoms with Crippen LogP contribution in [0.15, 0.2) is 54.7 Å². The molecule has 3 nitrogen and oxygen atoms in total. The van der Waals surface area contributed by atoms with Gasteiger partial charge in [-0.2, -0.15) is 0 Å². The molecule has 0 amide bonds. The number of aromatic nitrogens is 1. The van der Waals surface area contributed by atoms with Gasteiger partial charge in [-0.15, -0.1) is 13.2 Å². The molecule has 0 aliphatic rings. The molecule has 0 saturated carbocycles. The highest BCUT2D eigenvalue weighted by Crippen LogP contribution is 2.32. The molecule has 1 aromatic heterocycles. The van der Waals surface area contributed by atoms with Crippen LogP contribution in [0.3, 0.4) is 0 Å². The maximum absolute atomic E-state index is 12.3. The van der Waals surface area contributed by atoms with E-state index in [0.717, 1.165) is 41.5 Å². The molecule has 0 saturated heterocycles. The van der Waals surface area contributed by atoms with E-state index in [-0.39, 0.29) is 5.75 Å². The lowest BCUT2D eigenvalue weighted by molar-refractivity contribution is -0.274. The van der Waals surface area contributed by atoms with Crippen LogP contribution in [0.5, 0.6) is 5.75 Å². The number of hydrogen-bond acceptors (Lipinski definition) is 2. The summed E-state index contributed by atoms with van der Waals surface area (Å²) in [6, 6.07) is 11.7. The number of halogens is 3. The van der Waals surface area contributed by atoms with Crippen molar-refractivity contribution in [3.8, 4) is 16.9 Å². The number of rotatable bonds is 6. The summed E-state index contributed by atoms with van der Waals surface area (Å²) in [4.78, 5) is 2.12. The van der Waals surface area contributed by atoms with Crippen LogP contribution in [0.1, 0.15) is 7.79 Å². The Balaban J connectivity index is 1.94. The van der Waals surface area contributed by atoms with Crippen molar-refractivity contribution in [2.75, 3.05) is 20.6 Å². The average molecular weight is 363 g/mol. The van der Waals surface area contributed by atoms with Gasteiger partial charge in [-0.25, -0.2) is 0 Å². The van der Waals surface area contributed by atoms with E-state index in [1.54, 1.807) is 24.3 Å². The van der Waals surface area contributed by atoms with Gasteiger partial charge in [-0.3, -0.25) is 0 Å². The van der Waals surface area contributed by atoms with E-state index in [1.165, 1.54) is 12.1 Å². The Bertz CT molecular complexity index is 917. The highest BCUT2D eigenvalue weighted by atomic mass is 19.4. The van der Waals surface area contributed by atoms with Crippen LogP contribution in [0.25, 0.3) is 22.0 Å². The molecule has 26 heavy (non-hydrogen) atoms. The van der Waals surface area contributed by atoms with Crippen LogP contribution in [-0.4, -0.2) is 36.5 Å². The zero-order valence-corrected chi connectivity index (χ0v) is 14.7. The zero-order chi connectivity index (χ0) is 19.6. The zero-order valence-electron chi connectivity index (χ0n) is 15.7. The van der Waals surface area contributed by atoms with Crippen molar-refractivity contribution in [2.24, 2.45) is 0 Å². The maximum atomic E-state index is 12.3. The Morgan fingerprint density at radius 3 is 2.50 bits per heavy atom. The number of fused-ring (bicyclic) bond motifs is 1. The molecule has 0 bridgehead atoms. The first-order valence-electron chi connectivity index (χ1n) is 8.83. The molecule has 0 N–H and O–H groups in total. The topological polar surface area (TPSA) is 17.4 Å². The second-order valence-corrected chi connectivity index (χ2v) is 6.41. The normalized spacial score (nSPS) is 12.6. The van der Waals surface area contributed by atoms with Crippen LogP contribution < -0.4 is 4.74 Å². The van der Waals surface area contributed by atoms with E-state index in [1.807, 2.05) is 26.4 Å². The van der Waals surface area contributed by atoms with Crippen molar-refractivity contribution in [2.45, 2.75) is 19.3 Å². The van der Waals surface area contributed by atoms with Gasteiger partial charge in [0.1, 0.15) is 5.75 Å². The molecule has 0 unspecified atom stereocenters. The Kier molecular flexibility index (Phi) is 4.84. The minimum absolute atomic E-state index is 0.248. The number of ether oxygens (including phenoxy) is 1. The summed E-state index contributed by atoms with van der Waals surface area (Å²) in [6.07, 6.45) is -1.74. The van der Waals surface area contributed by atoms with E-state index >= 15 is 0 Å². The molecule has 6 heteroatoms. The van der Waals surface area contributed by atoms with Crippen molar-refractivity contribution in [3.63, 3.8) is 0 Å². The summed E-state index contributed by atoms with van der Waals surface area (Å²) >= 11 is 0. The van der Waals surface area contributed by atoms with Crippen LogP contribution in [-0.2, 0) is 6.54 Å². The molecule has 0 radical (unpaired) electrons. The van der Waals surface area contributed by atoms with Gasteiger partial charge < -0.3 is 14.2 Å². The van der Waals surface area contributed by atoms with Crippen LogP contribution in [0, 0.1) is 0 Å². The van der Waals surface area contributed by atoms with Gasteiger partial charge in [-0.05, 0) is 50.8 Å². The van der Waals surface area contributed by atoms with Gasteiger partial charge in [0.25, 0.3) is 0 Å². The lowest BCUT2D eigenvalue weighted by Crippen LogP contribution is -2.16. The number of para-hydroxylation sites is 1. The monoisotopic (exact) mass is 363 g/mol. The number of aryl methyl sites for hydroxylation is 1. The number of alkyl halides is 3. The van der Waals surface area contributed by atoms with Gasteiger partial charge in [0.2, 0.25) is 0 Å². The molecular formula is C20H21F3N2O. The quantitative estimate of drug-likeness (QED) is 0.602. The van der Waals surface area contributed by atoms with Crippen molar-refractivity contribution >= 4 is 10.9 Å². The largest absolute Gasteiger partial charge is 0.573 e. The third kappa shape index (κ3) is 4.38. The third-order valence-electron chi connectivity index (χ3n) is 4.13. The first-order chi connectivity index (χ1) is 12.7. The molecule has 0 atom stereocenters. The molecular weight excluding hydrogens is 341 g/mol. The van der Waals surface area contributed by atoms with Gasteiger partial charge >= 0.3 is 6.36 Å². The van der Waals surface area contributed by atoms with Crippen molar-refractivity contribution in [1.29, 1.82) is 0 Å². The predicted molar refractivity (Wildman–Crippen MR) is 97.2 cm³/mol. The molecule has 0 aliphatic heterocycles. The molecule has 0 spiro atoms. The molecule has 3 aromatic rings. The fraction of sp³-hybridized carbons (Fsp3) is 0.300. The second kappa shape index (κ2) is 7.41. The molecule has 138 valence electrons. The van der Waals surface area contributed by atoms with Crippen LogP contribution in [0.2, 0.25) is 0 Å². The van der Waals surface area contributed by atoms with E-state index < -0.39 is 6.36 Å². The molecule has 1 heterocycles. The summed E-state index contributed by atoms with van der Waals surface area (Å²) in [5, 5.41) is 0.914. The van der Waals surface area contributed by atoms with Gasteiger partial charge in [-0.1, -0.05) is 30.3 Å². The van der Waals surface area contributed by atoms with Crippen LogP contribution in [0.4, 0.5) is 13.2 Å². The smallest absolute Gasteiger partial charge is 0.406 e. The van der Waals surface area contributed by atoms with E-state index in [9.17, 15) is 13.2 Å². The van der Waals surface area contributed by atoms with E-state index in [2.05, 4.69) is 14.2 Å². The molecule has 3 rings (SSSR count). The lowest BCUT2D eigenvalue weighted by atomic mass is 10.0. The predicted octanol–water partition coefficient (Wildman–Crippen LogP) is 5.16. The van der Waals surface area contributed by atoms with Crippen molar-refractivity contribution in [1.82, 2.24) is 9.47 Å². The fourth-order valence-electron chi connectivity index (χ4n) is 2.99. The van der Waals surface area contributed by atoms with Gasteiger partial charge in [0.15, 0.2) is 0 Å². The summed E-state index contributed by atoms with van der Waals surface area (Å²) < 4.78 is 51.0. The summed E-state index contributed by atoms with van der Waals surface area (Å²) in [5.41, 5.74) is 2.68. The minimum Gasteiger partial charge on any atom is -0.406 e. The Morgan fingerprint density at radius 2 is 1.85 bits per heavy atom.